The average molecular weight is 406 g/mol. The van der Waals surface area contributed by atoms with Crippen LogP contribution < -0.4 is 4.90 Å². The fraction of sp³-hybridized carbons (Fsp3) is 0.435. The molecule has 7 nitrogen and oxygen atoms in total. The first-order chi connectivity index (χ1) is 14.6. The van der Waals surface area contributed by atoms with Crippen LogP contribution in [0.5, 0.6) is 0 Å². The first kappa shape index (κ1) is 19.2. The fourth-order valence-electron chi connectivity index (χ4n) is 4.35. The predicted octanol–water partition coefficient (Wildman–Crippen LogP) is 3.30. The van der Waals surface area contributed by atoms with E-state index in [4.69, 9.17) is 19.1 Å². The maximum atomic E-state index is 5.83. The number of furan rings is 1. The van der Waals surface area contributed by atoms with E-state index >= 15 is 0 Å². The van der Waals surface area contributed by atoms with Crippen molar-refractivity contribution in [1.29, 1.82) is 0 Å². The minimum Gasteiger partial charge on any atom is -0.461 e. The highest BCUT2D eigenvalue weighted by Crippen LogP contribution is 2.23. The molecule has 3 aromatic heterocycles. The summed E-state index contributed by atoms with van der Waals surface area (Å²) in [5.74, 6) is 2.41. The van der Waals surface area contributed by atoms with Crippen LogP contribution in [0.4, 0.5) is 5.82 Å². The minimum absolute atomic E-state index is 0.235. The number of ether oxygens (including phenoxy) is 1. The summed E-state index contributed by atoms with van der Waals surface area (Å²) >= 11 is 0. The fourth-order valence-corrected chi connectivity index (χ4v) is 4.35. The third-order valence-electron chi connectivity index (χ3n) is 5.71. The zero-order chi connectivity index (χ0) is 20.5. The number of rotatable bonds is 4. The number of nitrogens with zero attached hydrogens (tertiary/aromatic N) is 5. The standard InChI is InChI=1S/C23H27N5O2/c1-16-12-28(13-17(2)30-16)22-6-5-18(10-24-22)14-27-8-7-20-19(15-27)11-25-23(26-20)21-4-3-9-29-21/h3-6,9-11,16-17H,7-8,12-15H2,1-2H3. The first-order valence-electron chi connectivity index (χ1n) is 10.6. The lowest BCUT2D eigenvalue weighted by Gasteiger charge is -2.36. The van der Waals surface area contributed by atoms with Crippen LogP contribution in [-0.4, -0.2) is 51.7 Å². The second-order valence-electron chi connectivity index (χ2n) is 8.29. The van der Waals surface area contributed by atoms with Gasteiger partial charge in [0.2, 0.25) is 0 Å². The molecule has 1 fully saturated rings. The summed E-state index contributed by atoms with van der Waals surface area (Å²) in [4.78, 5) is 18.7. The van der Waals surface area contributed by atoms with E-state index < -0.39 is 0 Å². The van der Waals surface area contributed by atoms with E-state index in [0.717, 1.165) is 56.4 Å². The number of pyridine rings is 1. The van der Waals surface area contributed by atoms with Crippen LogP contribution >= 0.6 is 0 Å². The topological polar surface area (TPSA) is 67.5 Å². The van der Waals surface area contributed by atoms with Gasteiger partial charge in [-0.25, -0.2) is 15.0 Å². The van der Waals surface area contributed by atoms with E-state index in [9.17, 15) is 0 Å². The molecule has 0 saturated carbocycles. The molecule has 0 radical (unpaired) electrons. The molecule has 5 heterocycles. The predicted molar refractivity (Wildman–Crippen MR) is 114 cm³/mol. The normalized spacial score (nSPS) is 22.1. The van der Waals surface area contributed by atoms with Crippen molar-refractivity contribution in [3.63, 3.8) is 0 Å². The number of anilines is 1. The molecule has 2 atom stereocenters. The van der Waals surface area contributed by atoms with Crippen molar-refractivity contribution in [2.24, 2.45) is 0 Å². The highest BCUT2D eigenvalue weighted by Gasteiger charge is 2.23. The van der Waals surface area contributed by atoms with Crippen molar-refractivity contribution >= 4 is 5.82 Å². The molecule has 156 valence electrons. The molecular formula is C23H27N5O2. The Hall–Kier alpha value is -2.77. The Kier molecular flexibility index (Phi) is 5.23. The first-order valence-corrected chi connectivity index (χ1v) is 10.6. The van der Waals surface area contributed by atoms with Gasteiger partial charge in [0.05, 0.1) is 24.2 Å². The number of fused-ring (bicyclic) bond motifs is 1. The summed E-state index contributed by atoms with van der Waals surface area (Å²) in [5, 5.41) is 0. The summed E-state index contributed by atoms with van der Waals surface area (Å²) in [7, 11) is 0. The molecule has 0 amide bonds. The molecule has 2 aliphatic rings. The van der Waals surface area contributed by atoms with E-state index in [1.165, 1.54) is 11.1 Å². The molecule has 5 rings (SSSR count). The van der Waals surface area contributed by atoms with Gasteiger partial charge in [-0.1, -0.05) is 6.07 Å². The molecule has 0 spiro atoms. The van der Waals surface area contributed by atoms with Gasteiger partial charge in [-0.05, 0) is 37.6 Å². The van der Waals surface area contributed by atoms with Gasteiger partial charge in [0.1, 0.15) is 5.82 Å². The van der Waals surface area contributed by atoms with E-state index in [0.29, 0.717) is 5.82 Å². The summed E-state index contributed by atoms with van der Waals surface area (Å²) < 4.78 is 11.3. The van der Waals surface area contributed by atoms with E-state index in [-0.39, 0.29) is 12.2 Å². The lowest BCUT2D eigenvalue weighted by Crippen LogP contribution is -2.45. The monoisotopic (exact) mass is 405 g/mol. The largest absolute Gasteiger partial charge is 0.461 e. The summed E-state index contributed by atoms with van der Waals surface area (Å²) in [6, 6.07) is 8.08. The third-order valence-corrected chi connectivity index (χ3v) is 5.71. The SMILES string of the molecule is CC1CN(c2ccc(CN3CCc4nc(-c5ccco5)ncc4C3)cn2)CC(C)O1. The highest BCUT2D eigenvalue weighted by atomic mass is 16.5. The molecule has 0 aliphatic carbocycles. The second-order valence-corrected chi connectivity index (χ2v) is 8.29. The molecule has 3 aromatic rings. The number of aromatic nitrogens is 3. The van der Waals surface area contributed by atoms with Crippen LogP contribution in [-0.2, 0) is 24.2 Å². The van der Waals surface area contributed by atoms with Gasteiger partial charge in [0.15, 0.2) is 11.6 Å². The van der Waals surface area contributed by atoms with Gasteiger partial charge >= 0.3 is 0 Å². The van der Waals surface area contributed by atoms with Gasteiger partial charge in [0, 0.05) is 57.1 Å². The van der Waals surface area contributed by atoms with Gasteiger partial charge in [-0.2, -0.15) is 0 Å². The minimum atomic E-state index is 0.235. The van der Waals surface area contributed by atoms with Crippen molar-refractivity contribution in [1.82, 2.24) is 19.9 Å². The zero-order valence-corrected chi connectivity index (χ0v) is 17.5. The number of morpholine rings is 1. The molecule has 0 bridgehead atoms. The Morgan fingerprint density at radius 2 is 1.93 bits per heavy atom. The van der Waals surface area contributed by atoms with Gasteiger partial charge in [-0.3, -0.25) is 4.90 Å². The molecule has 30 heavy (non-hydrogen) atoms. The van der Waals surface area contributed by atoms with Crippen molar-refractivity contribution in [3.8, 4) is 11.6 Å². The van der Waals surface area contributed by atoms with Crippen LogP contribution in [0.25, 0.3) is 11.6 Å². The van der Waals surface area contributed by atoms with Crippen molar-refractivity contribution < 1.29 is 9.15 Å². The molecule has 2 unspecified atom stereocenters. The smallest absolute Gasteiger partial charge is 0.195 e. The molecule has 2 aliphatic heterocycles. The van der Waals surface area contributed by atoms with Crippen LogP contribution in [0.15, 0.2) is 47.3 Å². The maximum absolute atomic E-state index is 5.83. The van der Waals surface area contributed by atoms with Crippen LogP contribution in [0.2, 0.25) is 0 Å². The Morgan fingerprint density at radius 3 is 2.67 bits per heavy atom. The van der Waals surface area contributed by atoms with Crippen molar-refractivity contribution in [2.75, 3.05) is 24.5 Å². The van der Waals surface area contributed by atoms with E-state index in [1.54, 1.807) is 6.26 Å². The Bertz CT molecular complexity index is 979. The maximum Gasteiger partial charge on any atom is 0.195 e. The second kappa shape index (κ2) is 8.16. The highest BCUT2D eigenvalue weighted by molar-refractivity contribution is 5.47. The quantitative estimate of drug-likeness (QED) is 0.660. The van der Waals surface area contributed by atoms with Crippen molar-refractivity contribution in [3.05, 3.63) is 59.7 Å². The zero-order valence-electron chi connectivity index (χ0n) is 17.5. The van der Waals surface area contributed by atoms with Crippen LogP contribution in [0.3, 0.4) is 0 Å². The van der Waals surface area contributed by atoms with Gasteiger partial charge in [-0.15, -0.1) is 0 Å². The summed E-state index contributed by atoms with van der Waals surface area (Å²) in [6.45, 7) is 8.72. The summed E-state index contributed by atoms with van der Waals surface area (Å²) in [6.07, 6.45) is 6.99. The van der Waals surface area contributed by atoms with Gasteiger partial charge in [0.25, 0.3) is 0 Å². The van der Waals surface area contributed by atoms with Crippen LogP contribution in [0, 0.1) is 0 Å². The lowest BCUT2D eigenvalue weighted by molar-refractivity contribution is -0.00546. The number of hydrogen-bond acceptors (Lipinski definition) is 7. The molecular weight excluding hydrogens is 378 g/mol. The summed E-state index contributed by atoms with van der Waals surface area (Å²) in [5.41, 5.74) is 3.54. The van der Waals surface area contributed by atoms with E-state index in [1.807, 2.05) is 24.5 Å². The molecule has 1 saturated heterocycles. The Balaban J connectivity index is 1.23. The van der Waals surface area contributed by atoms with Crippen molar-refractivity contribution in [2.45, 2.75) is 45.6 Å². The lowest BCUT2D eigenvalue weighted by atomic mass is 10.1. The molecule has 0 N–H and O–H groups in total. The average Bonchev–Trinajstić information content (AvgIpc) is 3.28. The van der Waals surface area contributed by atoms with Gasteiger partial charge < -0.3 is 14.1 Å². The molecule has 7 heteroatoms. The third kappa shape index (κ3) is 4.08. The van der Waals surface area contributed by atoms with E-state index in [2.05, 4.69) is 40.8 Å². The molecule has 0 aromatic carbocycles. The number of hydrogen-bond donors (Lipinski definition) is 0. The Labute approximate surface area is 176 Å². The Morgan fingerprint density at radius 1 is 1.07 bits per heavy atom. The van der Waals surface area contributed by atoms with Crippen LogP contribution in [0.1, 0.15) is 30.7 Å².